The van der Waals surface area contributed by atoms with Crippen molar-refractivity contribution in [3.8, 4) is 0 Å². The predicted octanol–water partition coefficient (Wildman–Crippen LogP) is 4.03. The van der Waals surface area contributed by atoms with Crippen LogP contribution in [-0.4, -0.2) is 52.0 Å². The van der Waals surface area contributed by atoms with Gasteiger partial charge in [-0.05, 0) is 105 Å². The van der Waals surface area contributed by atoms with E-state index in [1.165, 1.54) is 6.07 Å². The molecule has 0 radical (unpaired) electrons. The molecule has 2 heterocycles. The van der Waals surface area contributed by atoms with Crippen molar-refractivity contribution in [2.75, 3.05) is 13.1 Å². The molecule has 0 spiro atoms. The fourth-order valence-electron chi connectivity index (χ4n) is 9.65. The van der Waals surface area contributed by atoms with Crippen LogP contribution < -0.4 is 10.9 Å². The van der Waals surface area contributed by atoms with E-state index in [9.17, 15) is 19.8 Å². The van der Waals surface area contributed by atoms with Crippen LogP contribution in [0.4, 0.5) is 4.79 Å². The molecule has 6 rings (SSSR count). The summed E-state index contributed by atoms with van der Waals surface area (Å²) >= 11 is 0. The van der Waals surface area contributed by atoms with Crippen molar-refractivity contribution in [1.82, 2.24) is 10.2 Å². The van der Waals surface area contributed by atoms with Gasteiger partial charge in [0.25, 0.3) is 0 Å². The zero-order chi connectivity index (χ0) is 25.3. The van der Waals surface area contributed by atoms with E-state index in [4.69, 9.17) is 4.42 Å². The van der Waals surface area contributed by atoms with Gasteiger partial charge in [-0.3, -0.25) is 0 Å². The Labute approximate surface area is 213 Å². The van der Waals surface area contributed by atoms with Crippen LogP contribution in [0.15, 0.2) is 27.6 Å². The van der Waals surface area contributed by atoms with Gasteiger partial charge in [0.15, 0.2) is 0 Å². The Bertz CT molecular complexity index is 1050. The van der Waals surface area contributed by atoms with Gasteiger partial charge in [-0.25, -0.2) is 9.59 Å². The molecule has 0 bridgehead atoms. The number of nitrogens with one attached hydrogen (secondary N) is 1. The number of carbonyl (C=O) groups is 1. The molecular weight excluding hydrogens is 456 g/mol. The van der Waals surface area contributed by atoms with Crippen molar-refractivity contribution in [1.29, 1.82) is 0 Å². The van der Waals surface area contributed by atoms with E-state index in [1.807, 2.05) is 6.07 Å². The van der Waals surface area contributed by atoms with Crippen molar-refractivity contribution in [3.63, 3.8) is 0 Å². The minimum absolute atomic E-state index is 0.0228. The van der Waals surface area contributed by atoms with Crippen LogP contribution in [0.3, 0.4) is 0 Å². The van der Waals surface area contributed by atoms with Crippen LogP contribution in [0, 0.1) is 28.6 Å². The van der Waals surface area contributed by atoms with Gasteiger partial charge in [0, 0.05) is 30.6 Å². The molecule has 9 atom stereocenters. The van der Waals surface area contributed by atoms with Crippen LogP contribution in [0.1, 0.15) is 89.5 Å². The van der Waals surface area contributed by atoms with Gasteiger partial charge in [0.05, 0.1) is 18.0 Å². The molecule has 1 unspecified atom stereocenters. The third kappa shape index (κ3) is 3.59. The average Bonchev–Trinajstić information content (AvgIpc) is 3.41. The van der Waals surface area contributed by atoms with Gasteiger partial charge >= 0.3 is 11.7 Å². The summed E-state index contributed by atoms with van der Waals surface area (Å²) in [6.07, 6.45) is 11.0. The quantitative estimate of drug-likeness (QED) is 0.571. The van der Waals surface area contributed by atoms with E-state index in [0.717, 1.165) is 63.4 Å². The number of hydrogen-bond acceptors (Lipinski definition) is 5. The zero-order valence-corrected chi connectivity index (χ0v) is 21.7. The van der Waals surface area contributed by atoms with E-state index in [0.29, 0.717) is 37.3 Å². The standard InChI is InChI=1S/C29H42N2O5/c1-27-11-7-20(30-26(34)31-14-10-21(32)16-31)15-19(27)4-5-24-23(27)8-12-28(2)22(9-13-29(24,28)35)18-3-6-25(33)36-17-18/h3,6,17,19-24,32,35H,4-5,7-16H2,1-2H3,(H,30,34)/t19-,20+,21?,22-,23+,24-,27+,28-,29+/m1/s1. The number of aliphatic hydroxyl groups excluding tert-OH is 1. The van der Waals surface area contributed by atoms with E-state index in [1.54, 1.807) is 11.2 Å². The predicted molar refractivity (Wildman–Crippen MR) is 135 cm³/mol. The van der Waals surface area contributed by atoms with Crippen molar-refractivity contribution in [2.24, 2.45) is 28.6 Å². The van der Waals surface area contributed by atoms with Gasteiger partial charge in [-0.1, -0.05) is 13.8 Å². The highest BCUT2D eigenvalue weighted by atomic mass is 16.4. The number of carbonyl (C=O) groups excluding carboxylic acids is 1. The second kappa shape index (κ2) is 8.59. The topological polar surface area (TPSA) is 103 Å². The monoisotopic (exact) mass is 498 g/mol. The van der Waals surface area contributed by atoms with E-state index < -0.39 is 5.60 Å². The van der Waals surface area contributed by atoms with E-state index in [-0.39, 0.29) is 40.6 Å². The lowest BCUT2D eigenvalue weighted by Crippen LogP contribution is -2.62. The number of aliphatic hydroxyl groups is 2. The Morgan fingerprint density at radius 1 is 1.06 bits per heavy atom. The Balaban J connectivity index is 1.17. The largest absolute Gasteiger partial charge is 0.431 e. The van der Waals surface area contributed by atoms with Crippen molar-refractivity contribution >= 4 is 6.03 Å². The summed E-state index contributed by atoms with van der Waals surface area (Å²) in [7, 11) is 0. The summed E-state index contributed by atoms with van der Waals surface area (Å²) in [5.74, 6) is 1.59. The second-order valence-corrected chi connectivity index (χ2v) is 13.2. The molecule has 1 aromatic rings. The molecular formula is C29H42N2O5. The Kier molecular flexibility index (Phi) is 5.84. The molecule has 36 heavy (non-hydrogen) atoms. The molecule has 5 aliphatic rings. The summed E-state index contributed by atoms with van der Waals surface area (Å²) in [6, 6.07) is 3.59. The lowest BCUT2D eigenvalue weighted by Gasteiger charge is -2.63. The number of urea groups is 1. The number of fused-ring (bicyclic) bond motifs is 5. The molecule has 1 saturated heterocycles. The number of β-amino-alcohol motifs (C(OH)–C–C–N with tert-alkyl or cyclic N) is 1. The van der Waals surface area contributed by atoms with Crippen LogP contribution in [0.5, 0.6) is 0 Å². The maximum absolute atomic E-state index is 12.7. The first-order valence-electron chi connectivity index (χ1n) is 14.2. The normalized spacial score (nSPS) is 46.1. The van der Waals surface area contributed by atoms with Crippen LogP contribution in [0.2, 0.25) is 0 Å². The van der Waals surface area contributed by atoms with Gasteiger partial charge in [-0.2, -0.15) is 0 Å². The first kappa shape index (κ1) is 24.5. The number of likely N-dealkylation sites (tertiary alicyclic amines) is 1. The first-order chi connectivity index (χ1) is 17.1. The number of nitrogens with zero attached hydrogens (tertiary/aromatic N) is 1. The maximum Gasteiger partial charge on any atom is 0.335 e. The number of hydrogen-bond donors (Lipinski definition) is 3. The lowest BCUT2D eigenvalue weighted by atomic mass is 9.43. The highest BCUT2D eigenvalue weighted by Gasteiger charge is 2.67. The number of amides is 2. The van der Waals surface area contributed by atoms with Gasteiger partial charge in [0.1, 0.15) is 0 Å². The molecule has 0 aromatic carbocycles. The van der Waals surface area contributed by atoms with E-state index >= 15 is 0 Å². The summed E-state index contributed by atoms with van der Waals surface area (Å²) in [6.45, 7) is 5.82. The summed E-state index contributed by atoms with van der Waals surface area (Å²) in [4.78, 5) is 26.0. The van der Waals surface area contributed by atoms with Crippen LogP contribution in [-0.2, 0) is 0 Å². The Morgan fingerprint density at radius 2 is 1.89 bits per heavy atom. The van der Waals surface area contributed by atoms with Crippen LogP contribution in [0.25, 0.3) is 0 Å². The molecule has 7 nitrogen and oxygen atoms in total. The molecule has 5 fully saturated rings. The highest BCUT2D eigenvalue weighted by molar-refractivity contribution is 5.74. The Hall–Kier alpha value is -1.86. The van der Waals surface area contributed by atoms with Gasteiger partial charge in [0.2, 0.25) is 0 Å². The number of rotatable bonds is 2. The average molecular weight is 499 g/mol. The SMILES string of the molecule is C[C@]12CC[C@H](NC(=O)N3CCC(O)C3)C[C@H]1CC[C@@H]1[C@@H]2CC[C@]2(C)[C@@H](c3ccc(=O)oc3)CC[C@]12O. The minimum atomic E-state index is -0.688. The molecule has 3 N–H and O–H groups in total. The molecule has 4 aliphatic carbocycles. The Morgan fingerprint density at radius 3 is 2.61 bits per heavy atom. The van der Waals surface area contributed by atoms with E-state index in [2.05, 4.69) is 19.2 Å². The third-order valence-corrected chi connectivity index (χ3v) is 11.8. The van der Waals surface area contributed by atoms with Crippen molar-refractivity contribution in [2.45, 2.75) is 102 Å². The molecule has 1 aliphatic heterocycles. The summed E-state index contributed by atoms with van der Waals surface area (Å²) in [5, 5.41) is 25.5. The molecule has 2 amide bonds. The van der Waals surface area contributed by atoms with Crippen LogP contribution >= 0.6 is 0 Å². The molecule has 198 valence electrons. The minimum Gasteiger partial charge on any atom is -0.431 e. The zero-order valence-electron chi connectivity index (χ0n) is 21.7. The van der Waals surface area contributed by atoms with Gasteiger partial charge < -0.3 is 24.8 Å². The van der Waals surface area contributed by atoms with Crippen molar-refractivity contribution in [3.05, 3.63) is 34.4 Å². The summed E-state index contributed by atoms with van der Waals surface area (Å²) in [5.41, 5.74) is 0.0303. The highest BCUT2D eigenvalue weighted by Crippen LogP contribution is 2.70. The fraction of sp³-hybridized carbons (Fsp3) is 0.793. The second-order valence-electron chi connectivity index (χ2n) is 13.2. The molecule has 1 aromatic heterocycles. The maximum atomic E-state index is 12.7. The summed E-state index contributed by atoms with van der Waals surface area (Å²) < 4.78 is 5.21. The first-order valence-corrected chi connectivity index (χ1v) is 14.2. The fourth-order valence-corrected chi connectivity index (χ4v) is 9.65. The molecule has 7 heteroatoms. The van der Waals surface area contributed by atoms with Gasteiger partial charge in [-0.15, -0.1) is 0 Å². The molecule has 4 saturated carbocycles. The lowest BCUT2D eigenvalue weighted by molar-refractivity contribution is -0.201. The smallest absolute Gasteiger partial charge is 0.335 e. The van der Waals surface area contributed by atoms with Crippen molar-refractivity contribution < 1.29 is 19.4 Å². The third-order valence-electron chi connectivity index (χ3n) is 11.8.